The molecule has 2 atom stereocenters. The Bertz CT molecular complexity index is 294. The molecule has 1 amide bonds. The van der Waals surface area contributed by atoms with Crippen LogP contribution in [0.3, 0.4) is 0 Å². The van der Waals surface area contributed by atoms with Crippen LogP contribution < -0.4 is 10.6 Å². The van der Waals surface area contributed by atoms with E-state index in [0.29, 0.717) is 33.0 Å². The van der Waals surface area contributed by atoms with E-state index in [2.05, 4.69) is 24.1 Å². The number of hydrogen-bond acceptors (Lipinski definition) is 4. The second-order valence-corrected chi connectivity index (χ2v) is 5.01. The minimum Gasteiger partial charge on any atom is -0.379 e. The molecule has 5 heteroatoms. The molecule has 0 aliphatic carbocycles. The average Bonchev–Trinajstić information content (AvgIpc) is 2.83. The van der Waals surface area contributed by atoms with Crippen molar-refractivity contribution < 1.29 is 14.3 Å². The van der Waals surface area contributed by atoms with E-state index in [1.54, 1.807) is 0 Å². The molecule has 0 aromatic carbocycles. The van der Waals surface area contributed by atoms with Crippen molar-refractivity contribution in [2.24, 2.45) is 5.92 Å². The summed E-state index contributed by atoms with van der Waals surface area (Å²) in [7, 11) is 0. The van der Waals surface area contributed by atoms with Crippen molar-refractivity contribution in [1.82, 2.24) is 10.6 Å². The third kappa shape index (κ3) is 6.18. The smallest absolute Gasteiger partial charge is 0.227 e. The van der Waals surface area contributed by atoms with Crippen LogP contribution in [0.15, 0.2) is 12.2 Å². The Hall–Kier alpha value is -0.910. The van der Waals surface area contributed by atoms with Gasteiger partial charge in [0.25, 0.3) is 0 Å². The lowest BCUT2D eigenvalue weighted by Gasteiger charge is -2.18. The van der Waals surface area contributed by atoms with Crippen molar-refractivity contribution in [2.75, 3.05) is 39.5 Å². The standard InChI is InChI=1S/C14H26N2O3/c1-4-5-15-13-10-19-9-12(13)14(17)16-6-7-18-8-11(2)3/h12-13,15H,2,4-10H2,1,3H3,(H,16,17). The molecule has 1 heterocycles. The van der Waals surface area contributed by atoms with E-state index in [-0.39, 0.29) is 17.9 Å². The monoisotopic (exact) mass is 270 g/mol. The Morgan fingerprint density at radius 1 is 1.42 bits per heavy atom. The van der Waals surface area contributed by atoms with Gasteiger partial charge in [0.1, 0.15) is 0 Å². The van der Waals surface area contributed by atoms with E-state index in [1.807, 2.05) is 6.92 Å². The topological polar surface area (TPSA) is 59.6 Å². The fourth-order valence-corrected chi connectivity index (χ4v) is 1.97. The van der Waals surface area contributed by atoms with Crippen LogP contribution >= 0.6 is 0 Å². The molecule has 0 aromatic rings. The van der Waals surface area contributed by atoms with Crippen LogP contribution in [0.25, 0.3) is 0 Å². The maximum absolute atomic E-state index is 12.0. The van der Waals surface area contributed by atoms with Crippen LogP contribution in [0.5, 0.6) is 0 Å². The summed E-state index contributed by atoms with van der Waals surface area (Å²) in [5.74, 6) is -0.0438. The highest BCUT2D eigenvalue weighted by Crippen LogP contribution is 2.13. The fourth-order valence-electron chi connectivity index (χ4n) is 1.97. The number of rotatable bonds is 9. The number of ether oxygens (including phenoxy) is 2. The van der Waals surface area contributed by atoms with Gasteiger partial charge in [-0.25, -0.2) is 0 Å². The van der Waals surface area contributed by atoms with Gasteiger partial charge in [-0.15, -0.1) is 0 Å². The summed E-state index contributed by atoms with van der Waals surface area (Å²) in [6.45, 7) is 11.4. The van der Waals surface area contributed by atoms with Gasteiger partial charge < -0.3 is 20.1 Å². The lowest BCUT2D eigenvalue weighted by Crippen LogP contribution is -2.44. The lowest BCUT2D eigenvalue weighted by atomic mass is 10.0. The van der Waals surface area contributed by atoms with E-state index in [1.165, 1.54) is 0 Å². The van der Waals surface area contributed by atoms with Gasteiger partial charge in [-0.1, -0.05) is 19.1 Å². The molecule has 5 nitrogen and oxygen atoms in total. The number of hydrogen-bond donors (Lipinski definition) is 2. The van der Waals surface area contributed by atoms with Crippen LogP contribution in [0.1, 0.15) is 20.3 Å². The van der Waals surface area contributed by atoms with Crippen molar-refractivity contribution in [1.29, 1.82) is 0 Å². The molecule has 0 aromatic heterocycles. The molecule has 1 fully saturated rings. The molecule has 2 N–H and O–H groups in total. The molecule has 0 radical (unpaired) electrons. The van der Waals surface area contributed by atoms with E-state index in [0.717, 1.165) is 18.5 Å². The molecule has 1 aliphatic rings. The molecule has 2 unspecified atom stereocenters. The van der Waals surface area contributed by atoms with Crippen molar-refractivity contribution in [3.8, 4) is 0 Å². The first-order valence-corrected chi connectivity index (χ1v) is 6.96. The minimum atomic E-state index is -0.0901. The predicted molar refractivity (Wildman–Crippen MR) is 75.0 cm³/mol. The van der Waals surface area contributed by atoms with Crippen LogP contribution in [0.2, 0.25) is 0 Å². The summed E-state index contributed by atoms with van der Waals surface area (Å²) in [6.07, 6.45) is 1.06. The van der Waals surface area contributed by atoms with Gasteiger partial charge in [-0.3, -0.25) is 4.79 Å². The Morgan fingerprint density at radius 2 is 2.21 bits per heavy atom. The van der Waals surface area contributed by atoms with E-state index in [4.69, 9.17) is 9.47 Å². The predicted octanol–water partition coefficient (Wildman–Crippen LogP) is 0.710. The van der Waals surface area contributed by atoms with E-state index >= 15 is 0 Å². The van der Waals surface area contributed by atoms with Gasteiger partial charge in [0.05, 0.1) is 32.3 Å². The first-order valence-electron chi connectivity index (χ1n) is 6.96. The number of amides is 1. The van der Waals surface area contributed by atoms with Gasteiger partial charge in [0.15, 0.2) is 0 Å². The number of carbonyl (C=O) groups excluding carboxylic acids is 1. The van der Waals surface area contributed by atoms with Crippen molar-refractivity contribution >= 4 is 5.91 Å². The van der Waals surface area contributed by atoms with Gasteiger partial charge in [0.2, 0.25) is 5.91 Å². The first kappa shape index (κ1) is 16.1. The zero-order valence-corrected chi connectivity index (χ0v) is 12.0. The SMILES string of the molecule is C=C(C)COCCNC(=O)C1COCC1NCCC. The molecule has 0 bridgehead atoms. The summed E-state index contributed by atoms with van der Waals surface area (Å²) >= 11 is 0. The molecule has 0 saturated carbocycles. The minimum absolute atomic E-state index is 0.0463. The summed E-state index contributed by atoms with van der Waals surface area (Å²) < 4.78 is 10.7. The quantitative estimate of drug-likeness (QED) is 0.478. The van der Waals surface area contributed by atoms with E-state index in [9.17, 15) is 4.79 Å². The van der Waals surface area contributed by atoms with E-state index < -0.39 is 0 Å². The molecular formula is C14H26N2O3. The summed E-state index contributed by atoms with van der Waals surface area (Å²) in [5, 5.41) is 6.24. The maximum Gasteiger partial charge on any atom is 0.227 e. The highest BCUT2D eigenvalue weighted by molar-refractivity contribution is 5.79. The number of nitrogens with one attached hydrogen (secondary N) is 2. The highest BCUT2D eigenvalue weighted by atomic mass is 16.5. The Balaban J connectivity index is 2.18. The summed E-state index contributed by atoms with van der Waals surface area (Å²) in [4.78, 5) is 12.0. The summed E-state index contributed by atoms with van der Waals surface area (Å²) in [6, 6.07) is 0.135. The second kappa shape index (κ2) is 9.07. The molecule has 0 spiro atoms. The van der Waals surface area contributed by atoms with Crippen LogP contribution in [0.4, 0.5) is 0 Å². The third-order valence-electron chi connectivity index (χ3n) is 2.97. The molecule has 1 rings (SSSR count). The van der Waals surface area contributed by atoms with Gasteiger partial charge in [0, 0.05) is 12.6 Å². The van der Waals surface area contributed by atoms with Gasteiger partial charge in [-0.2, -0.15) is 0 Å². The second-order valence-electron chi connectivity index (χ2n) is 5.01. The molecular weight excluding hydrogens is 244 g/mol. The lowest BCUT2D eigenvalue weighted by molar-refractivity contribution is -0.125. The molecule has 1 saturated heterocycles. The third-order valence-corrected chi connectivity index (χ3v) is 2.97. The van der Waals surface area contributed by atoms with Crippen molar-refractivity contribution in [2.45, 2.75) is 26.3 Å². The molecule has 19 heavy (non-hydrogen) atoms. The average molecular weight is 270 g/mol. The summed E-state index contributed by atoms with van der Waals surface area (Å²) in [5.41, 5.74) is 0.986. The van der Waals surface area contributed by atoms with Crippen LogP contribution in [0, 0.1) is 5.92 Å². The van der Waals surface area contributed by atoms with Crippen molar-refractivity contribution in [3.63, 3.8) is 0 Å². The van der Waals surface area contributed by atoms with Crippen LogP contribution in [-0.4, -0.2) is 51.5 Å². The normalized spacial score (nSPS) is 22.4. The number of carbonyl (C=O) groups is 1. The first-order chi connectivity index (χ1) is 9.15. The molecule has 110 valence electrons. The van der Waals surface area contributed by atoms with Crippen molar-refractivity contribution in [3.05, 3.63) is 12.2 Å². The fraction of sp³-hybridized carbons (Fsp3) is 0.786. The zero-order chi connectivity index (χ0) is 14.1. The van der Waals surface area contributed by atoms with Gasteiger partial charge in [-0.05, 0) is 19.9 Å². The van der Waals surface area contributed by atoms with Gasteiger partial charge >= 0.3 is 0 Å². The zero-order valence-electron chi connectivity index (χ0n) is 12.0. The Labute approximate surface area is 115 Å². The van der Waals surface area contributed by atoms with Crippen LogP contribution in [-0.2, 0) is 14.3 Å². The Morgan fingerprint density at radius 3 is 2.89 bits per heavy atom. The largest absolute Gasteiger partial charge is 0.379 e. The molecule has 1 aliphatic heterocycles. The highest BCUT2D eigenvalue weighted by Gasteiger charge is 2.33. The maximum atomic E-state index is 12.0. The Kier molecular flexibility index (Phi) is 7.70.